The first-order valence-corrected chi connectivity index (χ1v) is 7.53. The van der Waals surface area contributed by atoms with Crippen molar-refractivity contribution in [2.75, 3.05) is 14.2 Å². The van der Waals surface area contributed by atoms with E-state index < -0.39 is 11.9 Å². The Hall–Kier alpha value is -3.48. The minimum atomic E-state index is -1.05. The molecule has 0 bridgehead atoms. The molecule has 0 atom stereocenters. The van der Waals surface area contributed by atoms with Gasteiger partial charge in [0.05, 0.1) is 19.8 Å². The van der Waals surface area contributed by atoms with Crippen LogP contribution in [0.15, 0.2) is 49.1 Å². The molecule has 0 unspecified atom stereocenters. The van der Waals surface area contributed by atoms with Crippen LogP contribution in [0, 0.1) is 0 Å². The third kappa shape index (κ3) is 4.54. The summed E-state index contributed by atoms with van der Waals surface area (Å²) < 4.78 is 21.1. The fourth-order valence-electron chi connectivity index (χ4n) is 2.12. The zero-order valence-electron chi connectivity index (χ0n) is 14.4. The van der Waals surface area contributed by atoms with Gasteiger partial charge in [0.15, 0.2) is 23.0 Å². The van der Waals surface area contributed by atoms with E-state index >= 15 is 0 Å². The third-order valence-corrected chi connectivity index (χ3v) is 3.41. The zero-order chi connectivity index (χ0) is 19.1. The first kappa shape index (κ1) is 18.9. The van der Waals surface area contributed by atoms with Gasteiger partial charge in [0.1, 0.15) is 6.61 Å². The number of rotatable bonds is 8. The van der Waals surface area contributed by atoms with Gasteiger partial charge in [-0.25, -0.2) is 9.59 Å². The molecule has 2 rings (SSSR count). The lowest BCUT2D eigenvalue weighted by molar-refractivity contribution is -0.129. The van der Waals surface area contributed by atoms with E-state index in [0.29, 0.717) is 17.2 Å². The van der Waals surface area contributed by atoms with Crippen molar-refractivity contribution in [2.24, 2.45) is 0 Å². The van der Waals surface area contributed by atoms with Crippen molar-refractivity contribution in [3.63, 3.8) is 0 Å². The van der Waals surface area contributed by atoms with E-state index in [1.807, 2.05) is 0 Å². The normalized spacial score (nSPS) is 9.92. The van der Waals surface area contributed by atoms with Gasteiger partial charge in [0.2, 0.25) is 0 Å². The summed E-state index contributed by atoms with van der Waals surface area (Å²) in [6, 6.07) is 9.31. The largest absolute Gasteiger partial charge is 0.493 e. The Morgan fingerprint density at radius 2 is 1.65 bits per heavy atom. The lowest BCUT2D eigenvalue weighted by Gasteiger charge is -2.13. The van der Waals surface area contributed by atoms with Gasteiger partial charge in [-0.3, -0.25) is 0 Å². The number of carbonyl (C=O) groups excluding carboxylic acids is 1. The second kappa shape index (κ2) is 8.57. The molecule has 0 aromatic heterocycles. The van der Waals surface area contributed by atoms with Gasteiger partial charge in [-0.05, 0) is 35.9 Å². The fraction of sp³-hybridized carbons (Fsp3) is 0.158. The van der Waals surface area contributed by atoms with Crippen molar-refractivity contribution in [2.45, 2.75) is 6.61 Å². The third-order valence-electron chi connectivity index (χ3n) is 3.41. The predicted octanol–water partition coefficient (Wildman–Crippen LogP) is 3.07. The molecule has 0 aliphatic heterocycles. The minimum Gasteiger partial charge on any atom is -0.493 e. The van der Waals surface area contributed by atoms with Crippen LogP contribution in [0.4, 0.5) is 0 Å². The molecule has 0 radical (unpaired) electrons. The average molecular weight is 358 g/mol. The average Bonchev–Trinajstić information content (AvgIpc) is 2.66. The highest BCUT2D eigenvalue weighted by atomic mass is 16.6. The number of esters is 1. The molecular formula is C19H18O7. The van der Waals surface area contributed by atoms with Crippen LogP contribution >= 0.6 is 0 Å². The SMILES string of the molecule is C=CC(=O)Oc1ccc(COc2ccc(C(=O)O)cc2OC)cc1OC. The first-order valence-electron chi connectivity index (χ1n) is 7.53. The fourth-order valence-corrected chi connectivity index (χ4v) is 2.12. The van der Waals surface area contributed by atoms with E-state index in [1.165, 1.54) is 32.4 Å². The van der Waals surface area contributed by atoms with E-state index in [-0.39, 0.29) is 17.9 Å². The van der Waals surface area contributed by atoms with Gasteiger partial charge in [0, 0.05) is 6.08 Å². The number of ether oxygens (including phenoxy) is 4. The topological polar surface area (TPSA) is 91.3 Å². The van der Waals surface area contributed by atoms with Crippen LogP contribution in [0.2, 0.25) is 0 Å². The second-order valence-electron chi connectivity index (χ2n) is 5.07. The molecule has 0 saturated heterocycles. The molecule has 136 valence electrons. The number of carboxylic acids is 1. The molecule has 2 aromatic carbocycles. The van der Waals surface area contributed by atoms with Crippen molar-refractivity contribution in [1.29, 1.82) is 0 Å². The van der Waals surface area contributed by atoms with E-state index in [4.69, 9.17) is 24.1 Å². The van der Waals surface area contributed by atoms with Crippen LogP contribution in [0.1, 0.15) is 15.9 Å². The molecular weight excluding hydrogens is 340 g/mol. The Morgan fingerprint density at radius 1 is 1.00 bits per heavy atom. The highest BCUT2D eigenvalue weighted by molar-refractivity contribution is 5.88. The number of hydrogen-bond donors (Lipinski definition) is 1. The molecule has 0 amide bonds. The summed E-state index contributed by atoms with van der Waals surface area (Å²) in [7, 11) is 2.89. The molecule has 0 heterocycles. The second-order valence-corrected chi connectivity index (χ2v) is 5.07. The Kier molecular flexibility index (Phi) is 6.21. The summed E-state index contributed by atoms with van der Waals surface area (Å²) in [6.45, 7) is 3.52. The van der Waals surface area contributed by atoms with Gasteiger partial charge in [-0.2, -0.15) is 0 Å². The molecule has 0 spiro atoms. The maximum atomic E-state index is 11.3. The molecule has 0 fully saturated rings. The van der Waals surface area contributed by atoms with Gasteiger partial charge in [-0.1, -0.05) is 12.6 Å². The van der Waals surface area contributed by atoms with E-state index in [9.17, 15) is 9.59 Å². The van der Waals surface area contributed by atoms with Gasteiger partial charge in [0.25, 0.3) is 0 Å². The number of carbonyl (C=O) groups is 2. The standard InChI is InChI=1S/C19H18O7/c1-4-18(20)26-15-7-5-12(9-16(15)23-2)11-25-14-8-6-13(19(21)22)10-17(14)24-3/h4-10H,1,11H2,2-3H3,(H,21,22). The monoisotopic (exact) mass is 358 g/mol. The number of methoxy groups -OCH3 is 2. The maximum Gasteiger partial charge on any atom is 0.335 e. The van der Waals surface area contributed by atoms with Crippen molar-refractivity contribution in [3.05, 3.63) is 60.2 Å². The van der Waals surface area contributed by atoms with Crippen molar-refractivity contribution < 1.29 is 33.6 Å². The highest BCUT2D eigenvalue weighted by Gasteiger charge is 2.12. The summed E-state index contributed by atoms with van der Waals surface area (Å²) in [5.41, 5.74) is 0.855. The smallest absolute Gasteiger partial charge is 0.335 e. The highest BCUT2D eigenvalue weighted by Crippen LogP contribution is 2.31. The molecule has 2 aromatic rings. The van der Waals surface area contributed by atoms with Crippen molar-refractivity contribution in [3.8, 4) is 23.0 Å². The lowest BCUT2D eigenvalue weighted by atomic mass is 10.2. The van der Waals surface area contributed by atoms with Gasteiger partial charge < -0.3 is 24.1 Å². The molecule has 0 aliphatic rings. The maximum absolute atomic E-state index is 11.3. The Bertz CT molecular complexity index is 827. The van der Waals surface area contributed by atoms with E-state index in [1.54, 1.807) is 18.2 Å². The summed E-state index contributed by atoms with van der Waals surface area (Å²) in [5, 5.41) is 9.02. The summed E-state index contributed by atoms with van der Waals surface area (Å²) >= 11 is 0. The lowest BCUT2D eigenvalue weighted by Crippen LogP contribution is -2.05. The quantitative estimate of drug-likeness (QED) is 0.440. The molecule has 7 nitrogen and oxygen atoms in total. The van der Waals surface area contributed by atoms with Crippen molar-refractivity contribution in [1.82, 2.24) is 0 Å². The molecule has 7 heteroatoms. The Balaban J connectivity index is 2.15. The summed E-state index contributed by atoms with van der Waals surface area (Å²) in [6.07, 6.45) is 1.06. The molecule has 0 aliphatic carbocycles. The van der Waals surface area contributed by atoms with E-state index in [0.717, 1.165) is 11.6 Å². The molecule has 26 heavy (non-hydrogen) atoms. The zero-order valence-corrected chi connectivity index (χ0v) is 14.4. The van der Waals surface area contributed by atoms with Crippen molar-refractivity contribution >= 4 is 11.9 Å². The minimum absolute atomic E-state index is 0.101. The van der Waals surface area contributed by atoms with Crippen LogP contribution in [-0.2, 0) is 11.4 Å². The Morgan fingerprint density at radius 3 is 2.27 bits per heavy atom. The summed E-state index contributed by atoms with van der Waals surface area (Å²) in [4.78, 5) is 22.3. The number of carboxylic acid groups (broad SMARTS) is 1. The number of benzene rings is 2. The molecule has 1 N–H and O–H groups in total. The predicted molar refractivity (Wildman–Crippen MR) is 93.1 cm³/mol. The van der Waals surface area contributed by atoms with Crippen LogP contribution in [-0.4, -0.2) is 31.3 Å². The van der Waals surface area contributed by atoms with Gasteiger partial charge in [-0.15, -0.1) is 0 Å². The first-order chi connectivity index (χ1) is 12.5. The van der Waals surface area contributed by atoms with Crippen LogP contribution in [0.25, 0.3) is 0 Å². The van der Waals surface area contributed by atoms with Crippen LogP contribution in [0.5, 0.6) is 23.0 Å². The molecule has 0 saturated carbocycles. The Labute approximate surface area is 150 Å². The van der Waals surface area contributed by atoms with Crippen LogP contribution < -0.4 is 18.9 Å². The van der Waals surface area contributed by atoms with Crippen LogP contribution in [0.3, 0.4) is 0 Å². The van der Waals surface area contributed by atoms with Gasteiger partial charge >= 0.3 is 11.9 Å². The number of aromatic carboxylic acids is 1. The number of hydrogen-bond acceptors (Lipinski definition) is 6. The summed E-state index contributed by atoms with van der Waals surface area (Å²) in [5.74, 6) is -0.286. The van der Waals surface area contributed by atoms with E-state index in [2.05, 4.69) is 6.58 Å².